The predicted octanol–water partition coefficient (Wildman–Crippen LogP) is 2.95. The van der Waals surface area contributed by atoms with Gasteiger partial charge in [-0.25, -0.2) is 9.97 Å². The van der Waals surface area contributed by atoms with Crippen LogP contribution in [0, 0.1) is 17.4 Å². The summed E-state index contributed by atoms with van der Waals surface area (Å²) in [5, 5.41) is 0. The molecule has 0 fully saturated rings. The minimum atomic E-state index is 0.533. The molecule has 16 heavy (non-hydrogen) atoms. The molecule has 0 aliphatic carbocycles. The van der Waals surface area contributed by atoms with E-state index in [0.717, 1.165) is 9.13 Å². The summed E-state index contributed by atoms with van der Waals surface area (Å²) < 4.78 is 0.881. The molecule has 4 heteroatoms. The summed E-state index contributed by atoms with van der Waals surface area (Å²) in [5.74, 6) is 1.22. The van der Waals surface area contributed by atoms with Crippen molar-refractivity contribution in [2.75, 3.05) is 5.73 Å². The van der Waals surface area contributed by atoms with E-state index in [1.54, 1.807) is 6.20 Å². The Labute approximate surface area is 108 Å². The summed E-state index contributed by atoms with van der Waals surface area (Å²) in [7, 11) is 0. The number of aromatic nitrogens is 2. The molecule has 2 N–H and O–H groups in total. The van der Waals surface area contributed by atoms with Gasteiger partial charge in [0.15, 0.2) is 5.82 Å². The SMILES string of the molecule is Cc1ccc(-c2ncc(I)c(N)n2)c(C)c1. The fraction of sp³-hybridized carbons (Fsp3) is 0.167. The molecule has 0 aliphatic rings. The Kier molecular flexibility index (Phi) is 3.09. The maximum atomic E-state index is 5.78. The third-order valence-electron chi connectivity index (χ3n) is 2.39. The van der Waals surface area contributed by atoms with Crippen molar-refractivity contribution in [3.05, 3.63) is 39.1 Å². The van der Waals surface area contributed by atoms with Crippen molar-refractivity contribution in [2.45, 2.75) is 13.8 Å². The topological polar surface area (TPSA) is 51.8 Å². The van der Waals surface area contributed by atoms with E-state index in [-0.39, 0.29) is 0 Å². The van der Waals surface area contributed by atoms with Gasteiger partial charge in [-0.3, -0.25) is 0 Å². The summed E-state index contributed by atoms with van der Waals surface area (Å²) in [6.45, 7) is 4.12. The summed E-state index contributed by atoms with van der Waals surface area (Å²) in [5.41, 5.74) is 9.22. The first-order valence-electron chi connectivity index (χ1n) is 4.93. The minimum Gasteiger partial charge on any atom is -0.383 e. The zero-order chi connectivity index (χ0) is 11.7. The largest absolute Gasteiger partial charge is 0.383 e. The van der Waals surface area contributed by atoms with Crippen molar-refractivity contribution >= 4 is 28.4 Å². The summed E-state index contributed by atoms with van der Waals surface area (Å²) in [6, 6.07) is 6.21. The van der Waals surface area contributed by atoms with Crippen LogP contribution in [-0.2, 0) is 0 Å². The van der Waals surface area contributed by atoms with Gasteiger partial charge < -0.3 is 5.73 Å². The average molecular weight is 325 g/mol. The molecule has 0 amide bonds. The number of aryl methyl sites for hydroxylation is 2. The predicted molar refractivity (Wildman–Crippen MR) is 74.1 cm³/mol. The number of benzene rings is 1. The van der Waals surface area contributed by atoms with Crippen molar-refractivity contribution in [1.29, 1.82) is 0 Å². The summed E-state index contributed by atoms with van der Waals surface area (Å²) in [6.07, 6.45) is 1.75. The summed E-state index contributed by atoms with van der Waals surface area (Å²) >= 11 is 2.12. The van der Waals surface area contributed by atoms with Crippen LogP contribution in [0.4, 0.5) is 5.82 Å². The smallest absolute Gasteiger partial charge is 0.161 e. The lowest BCUT2D eigenvalue weighted by atomic mass is 10.1. The first kappa shape index (κ1) is 11.3. The molecule has 0 aliphatic heterocycles. The Balaban J connectivity index is 2.54. The monoisotopic (exact) mass is 325 g/mol. The normalized spacial score (nSPS) is 10.4. The number of halogens is 1. The van der Waals surface area contributed by atoms with Crippen molar-refractivity contribution in [3.63, 3.8) is 0 Å². The molecule has 0 unspecified atom stereocenters. The lowest BCUT2D eigenvalue weighted by Gasteiger charge is -2.06. The highest BCUT2D eigenvalue weighted by molar-refractivity contribution is 14.1. The quantitative estimate of drug-likeness (QED) is 0.820. The highest BCUT2D eigenvalue weighted by Gasteiger charge is 2.07. The second-order valence-corrected chi connectivity index (χ2v) is 4.91. The van der Waals surface area contributed by atoms with Crippen LogP contribution >= 0.6 is 22.6 Å². The van der Waals surface area contributed by atoms with Gasteiger partial charge in [-0.2, -0.15) is 0 Å². The average Bonchev–Trinajstić information content (AvgIpc) is 2.22. The van der Waals surface area contributed by atoms with Crippen molar-refractivity contribution in [1.82, 2.24) is 9.97 Å². The molecule has 82 valence electrons. The van der Waals surface area contributed by atoms with E-state index in [1.807, 2.05) is 6.07 Å². The highest BCUT2D eigenvalue weighted by Crippen LogP contribution is 2.22. The van der Waals surface area contributed by atoms with E-state index < -0.39 is 0 Å². The molecule has 0 spiro atoms. The van der Waals surface area contributed by atoms with Crippen LogP contribution in [0.2, 0.25) is 0 Å². The third kappa shape index (κ3) is 2.16. The first-order valence-corrected chi connectivity index (χ1v) is 6.01. The van der Waals surface area contributed by atoms with Crippen LogP contribution in [0.3, 0.4) is 0 Å². The van der Waals surface area contributed by atoms with Crippen LogP contribution in [0.25, 0.3) is 11.4 Å². The molecule has 0 radical (unpaired) electrons. The Bertz CT molecular complexity index is 538. The number of nitrogen functional groups attached to an aromatic ring is 1. The van der Waals surface area contributed by atoms with Crippen LogP contribution < -0.4 is 5.73 Å². The molecule has 2 aromatic rings. The molecule has 1 heterocycles. The zero-order valence-corrected chi connectivity index (χ0v) is 11.3. The van der Waals surface area contributed by atoms with E-state index in [1.165, 1.54) is 11.1 Å². The van der Waals surface area contributed by atoms with Crippen molar-refractivity contribution in [2.24, 2.45) is 0 Å². The van der Waals surface area contributed by atoms with E-state index in [9.17, 15) is 0 Å². The molecule has 1 aromatic carbocycles. The maximum Gasteiger partial charge on any atom is 0.161 e. The van der Waals surface area contributed by atoms with Gasteiger partial charge >= 0.3 is 0 Å². The van der Waals surface area contributed by atoms with Crippen LogP contribution in [0.1, 0.15) is 11.1 Å². The molecule has 2 rings (SSSR count). The fourth-order valence-corrected chi connectivity index (χ4v) is 1.83. The number of anilines is 1. The number of nitrogens with two attached hydrogens (primary N) is 1. The van der Waals surface area contributed by atoms with Crippen molar-refractivity contribution < 1.29 is 0 Å². The Morgan fingerprint density at radius 2 is 2.00 bits per heavy atom. The number of hydrogen-bond donors (Lipinski definition) is 1. The van der Waals surface area contributed by atoms with E-state index in [2.05, 4.69) is 58.5 Å². The maximum absolute atomic E-state index is 5.78. The fourth-order valence-electron chi connectivity index (χ4n) is 1.57. The van der Waals surface area contributed by atoms with E-state index >= 15 is 0 Å². The summed E-state index contributed by atoms with van der Waals surface area (Å²) in [4.78, 5) is 8.59. The second kappa shape index (κ2) is 4.37. The van der Waals surface area contributed by atoms with Crippen LogP contribution in [-0.4, -0.2) is 9.97 Å². The minimum absolute atomic E-state index is 0.533. The molecule has 0 saturated heterocycles. The van der Waals surface area contributed by atoms with Gasteiger partial charge in [0.2, 0.25) is 0 Å². The van der Waals surface area contributed by atoms with Gasteiger partial charge in [-0.05, 0) is 42.0 Å². The van der Waals surface area contributed by atoms with Gasteiger partial charge in [0.25, 0.3) is 0 Å². The Hall–Kier alpha value is -1.17. The van der Waals surface area contributed by atoms with E-state index in [4.69, 9.17) is 5.73 Å². The lowest BCUT2D eigenvalue weighted by Crippen LogP contribution is -1.99. The Morgan fingerprint density at radius 3 is 2.62 bits per heavy atom. The second-order valence-electron chi connectivity index (χ2n) is 3.75. The lowest BCUT2D eigenvalue weighted by molar-refractivity contribution is 1.16. The van der Waals surface area contributed by atoms with Gasteiger partial charge in [0, 0.05) is 11.8 Å². The van der Waals surface area contributed by atoms with E-state index in [0.29, 0.717) is 11.6 Å². The van der Waals surface area contributed by atoms with Gasteiger partial charge in [-0.1, -0.05) is 23.8 Å². The Morgan fingerprint density at radius 1 is 1.25 bits per heavy atom. The molecule has 3 nitrogen and oxygen atoms in total. The van der Waals surface area contributed by atoms with Crippen LogP contribution in [0.5, 0.6) is 0 Å². The van der Waals surface area contributed by atoms with Gasteiger partial charge in [0.1, 0.15) is 5.82 Å². The number of rotatable bonds is 1. The van der Waals surface area contributed by atoms with Gasteiger partial charge in [-0.15, -0.1) is 0 Å². The third-order valence-corrected chi connectivity index (χ3v) is 3.23. The first-order chi connectivity index (χ1) is 7.58. The highest BCUT2D eigenvalue weighted by atomic mass is 127. The zero-order valence-electron chi connectivity index (χ0n) is 9.16. The molecular formula is C12H12IN3. The molecule has 0 bridgehead atoms. The molecule has 0 saturated carbocycles. The standard InChI is InChI=1S/C12H12IN3/c1-7-3-4-9(8(2)5-7)12-15-6-10(13)11(14)16-12/h3-6H,1-2H3,(H2,14,15,16). The van der Waals surface area contributed by atoms with Crippen molar-refractivity contribution in [3.8, 4) is 11.4 Å². The number of nitrogens with zero attached hydrogens (tertiary/aromatic N) is 2. The molecular weight excluding hydrogens is 313 g/mol. The number of hydrogen-bond acceptors (Lipinski definition) is 3. The van der Waals surface area contributed by atoms with Gasteiger partial charge in [0.05, 0.1) is 3.57 Å². The molecule has 1 aromatic heterocycles. The van der Waals surface area contributed by atoms with Crippen LogP contribution in [0.15, 0.2) is 24.4 Å². The molecule has 0 atom stereocenters.